The number of rotatable bonds is 8. The molecule has 0 heterocycles. The number of methoxy groups -OCH3 is 1. The topological polar surface area (TPSA) is 87.8 Å². The Balaban J connectivity index is 1.94. The van der Waals surface area contributed by atoms with Gasteiger partial charge < -0.3 is 19.9 Å². The van der Waals surface area contributed by atoms with Crippen molar-refractivity contribution in [3.8, 4) is 11.5 Å². The van der Waals surface area contributed by atoms with Gasteiger partial charge in [-0.05, 0) is 29.8 Å². The van der Waals surface area contributed by atoms with E-state index in [0.717, 1.165) is 5.56 Å². The molecule has 0 saturated carbocycles. The van der Waals surface area contributed by atoms with Crippen LogP contribution < -0.4 is 15.2 Å². The summed E-state index contributed by atoms with van der Waals surface area (Å²) in [6.07, 6.45) is 3.63. The van der Waals surface area contributed by atoms with Gasteiger partial charge in [-0.3, -0.25) is 4.79 Å². The normalized spacial score (nSPS) is 10.4. The average molecular weight is 341 g/mol. The summed E-state index contributed by atoms with van der Waals surface area (Å²) in [5.41, 5.74) is 6.38. The monoisotopic (exact) mass is 341 g/mol. The molecule has 0 aliphatic rings. The van der Waals surface area contributed by atoms with Crippen molar-refractivity contribution in [2.75, 3.05) is 20.3 Å². The van der Waals surface area contributed by atoms with Crippen molar-refractivity contribution in [2.45, 2.75) is 0 Å². The molecule has 0 aliphatic carbocycles. The van der Waals surface area contributed by atoms with Crippen LogP contribution in [0.2, 0.25) is 0 Å². The van der Waals surface area contributed by atoms with Gasteiger partial charge in [-0.2, -0.15) is 0 Å². The number of carbonyl (C=O) groups is 2. The maximum Gasteiger partial charge on any atom is 0.338 e. The first-order chi connectivity index (χ1) is 12.1. The highest BCUT2D eigenvalue weighted by Gasteiger charge is 2.12. The Morgan fingerprint density at radius 1 is 1.08 bits per heavy atom. The molecule has 0 saturated heterocycles. The molecule has 0 bridgehead atoms. The van der Waals surface area contributed by atoms with E-state index in [2.05, 4.69) is 0 Å². The SMILES string of the molecule is COc1cc(C(=O)OC/C=C/c2ccccc2)ccc1OCC(N)=O. The zero-order chi connectivity index (χ0) is 18.1. The maximum atomic E-state index is 12.1. The van der Waals surface area contributed by atoms with Crippen molar-refractivity contribution in [1.29, 1.82) is 0 Å². The van der Waals surface area contributed by atoms with Crippen molar-refractivity contribution >= 4 is 18.0 Å². The van der Waals surface area contributed by atoms with Gasteiger partial charge in [0, 0.05) is 0 Å². The van der Waals surface area contributed by atoms with E-state index in [4.69, 9.17) is 19.9 Å². The standard InChI is InChI=1S/C19H19NO5/c1-23-17-12-15(9-10-16(17)25-13-18(20)21)19(22)24-11-5-8-14-6-3-2-4-7-14/h2-10,12H,11,13H2,1H3,(H2,20,21)/b8-5+. The number of carbonyl (C=O) groups excluding carboxylic acids is 2. The Bertz CT molecular complexity index is 756. The highest BCUT2D eigenvalue weighted by molar-refractivity contribution is 5.90. The molecule has 1 amide bonds. The van der Waals surface area contributed by atoms with Crippen molar-refractivity contribution in [3.05, 3.63) is 65.7 Å². The predicted octanol–water partition coefficient (Wildman–Crippen LogP) is 2.43. The van der Waals surface area contributed by atoms with Crippen molar-refractivity contribution in [2.24, 2.45) is 5.73 Å². The summed E-state index contributed by atoms with van der Waals surface area (Å²) in [4.78, 5) is 22.8. The highest BCUT2D eigenvalue weighted by Crippen LogP contribution is 2.28. The number of amides is 1. The lowest BCUT2D eigenvalue weighted by Crippen LogP contribution is -2.20. The third kappa shape index (κ3) is 5.69. The van der Waals surface area contributed by atoms with Crippen LogP contribution in [0.1, 0.15) is 15.9 Å². The fraction of sp³-hybridized carbons (Fsp3) is 0.158. The number of ether oxygens (including phenoxy) is 3. The summed E-state index contributed by atoms with van der Waals surface area (Å²) in [5, 5.41) is 0. The molecule has 6 heteroatoms. The Morgan fingerprint density at radius 3 is 2.52 bits per heavy atom. The van der Waals surface area contributed by atoms with Crippen LogP contribution in [-0.2, 0) is 9.53 Å². The van der Waals surface area contributed by atoms with E-state index in [-0.39, 0.29) is 13.2 Å². The van der Waals surface area contributed by atoms with Gasteiger partial charge in [0.15, 0.2) is 18.1 Å². The maximum absolute atomic E-state index is 12.1. The summed E-state index contributed by atoms with van der Waals surface area (Å²) in [6, 6.07) is 14.2. The van der Waals surface area contributed by atoms with Crippen LogP contribution >= 0.6 is 0 Å². The molecule has 6 nitrogen and oxygen atoms in total. The first-order valence-electron chi connectivity index (χ1n) is 7.58. The van der Waals surface area contributed by atoms with Gasteiger partial charge in [-0.15, -0.1) is 0 Å². The molecule has 0 fully saturated rings. The predicted molar refractivity (Wildman–Crippen MR) is 93.4 cm³/mol. The van der Waals surface area contributed by atoms with Gasteiger partial charge in [-0.25, -0.2) is 4.79 Å². The van der Waals surface area contributed by atoms with Crippen LogP contribution in [0.5, 0.6) is 11.5 Å². The third-order valence-electron chi connectivity index (χ3n) is 3.19. The zero-order valence-corrected chi connectivity index (χ0v) is 13.8. The number of hydrogen-bond donors (Lipinski definition) is 1. The Hall–Kier alpha value is -3.28. The number of benzene rings is 2. The van der Waals surface area contributed by atoms with E-state index >= 15 is 0 Å². The van der Waals surface area contributed by atoms with Crippen LogP contribution in [-0.4, -0.2) is 32.2 Å². The van der Waals surface area contributed by atoms with Crippen LogP contribution in [0.15, 0.2) is 54.6 Å². The molecule has 0 aliphatic heterocycles. The summed E-state index contributed by atoms with van der Waals surface area (Å²) < 4.78 is 15.6. The number of hydrogen-bond acceptors (Lipinski definition) is 5. The lowest BCUT2D eigenvalue weighted by atomic mass is 10.2. The fourth-order valence-corrected chi connectivity index (χ4v) is 2.02. The summed E-state index contributed by atoms with van der Waals surface area (Å²) in [6.45, 7) is -0.125. The van der Waals surface area contributed by atoms with Gasteiger partial charge in [0.05, 0.1) is 12.7 Å². The van der Waals surface area contributed by atoms with Crippen molar-refractivity contribution in [3.63, 3.8) is 0 Å². The summed E-state index contributed by atoms with van der Waals surface area (Å²) in [7, 11) is 1.43. The second-order valence-electron chi connectivity index (χ2n) is 5.03. The number of nitrogens with two attached hydrogens (primary N) is 1. The Morgan fingerprint density at radius 2 is 1.84 bits per heavy atom. The summed E-state index contributed by atoms with van der Waals surface area (Å²) in [5.74, 6) is -0.453. The van der Waals surface area contributed by atoms with E-state index in [0.29, 0.717) is 17.1 Å². The second kappa shape index (κ2) is 9.12. The lowest BCUT2D eigenvalue weighted by molar-refractivity contribution is -0.119. The van der Waals surface area contributed by atoms with Gasteiger partial charge in [0.2, 0.25) is 0 Å². The molecule has 2 aromatic carbocycles. The molecule has 0 atom stereocenters. The van der Waals surface area contributed by atoms with Gasteiger partial charge in [-0.1, -0.05) is 36.4 Å². The van der Waals surface area contributed by atoms with E-state index in [1.54, 1.807) is 6.08 Å². The van der Waals surface area contributed by atoms with Gasteiger partial charge >= 0.3 is 5.97 Å². The zero-order valence-electron chi connectivity index (χ0n) is 13.8. The largest absolute Gasteiger partial charge is 0.493 e. The molecule has 0 aromatic heterocycles. The molecule has 25 heavy (non-hydrogen) atoms. The minimum Gasteiger partial charge on any atom is -0.493 e. The molecule has 0 radical (unpaired) electrons. The highest BCUT2D eigenvalue weighted by atomic mass is 16.5. The van der Waals surface area contributed by atoms with Crippen molar-refractivity contribution in [1.82, 2.24) is 0 Å². The van der Waals surface area contributed by atoms with Crippen molar-refractivity contribution < 1.29 is 23.8 Å². The first kappa shape index (κ1) is 18.1. The van der Waals surface area contributed by atoms with Crippen LogP contribution in [0.4, 0.5) is 0 Å². The van der Waals surface area contributed by atoms with E-state index < -0.39 is 11.9 Å². The molecule has 0 unspecified atom stereocenters. The van der Waals surface area contributed by atoms with Crippen LogP contribution in [0.25, 0.3) is 6.08 Å². The third-order valence-corrected chi connectivity index (χ3v) is 3.19. The Labute approximate surface area is 145 Å². The van der Waals surface area contributed by atoms with Crippen LogP contribution in [0.3, 0.4) is 0 Å². The van der Waals surface area contributed by atoms with Gasteiger partial charge in [0.25, 0.3) is 5.91 Å². The van der Waals surface area contributed by atoms with E-state index in [1.807, 2.05) is 36.4 Å². The molecule has 130 valence electrons. The fourth-order valence-electron chi connectivity index (χ4n) is 2.02. The lowest BCUT2D eigenvalue weighted by Gasteiger charge is -2.10. The minimum atomic E-state index is -0.601. The molecular weight excluding hydrogens is 322 g/mol. The average Bonchev–Trinajstić information content (AvgIpc) is 2.64. The first-order valence-corrected chi connectivity index (χ1v) is 7.58. The van der Waals surface area contributed by atoms with Crippen LogP contribution in [0, 0.1) is 0 Å². The van der Waals surface area contributed by atoms with E-state index in [9.17, 15) is 9.59 Å². The minimum absolute atomic E-state index is 0.149. The molecule has 2 aromatic rings. The quantitative estimate of drug-likeness (QED) is 0.745. The van der Waals surface area contributed by atoms with Gasteiger partial charge in [0.1, 0.15) is 6.61 Å². The Kier molecular flexibility index (Phi) is 6.59. The molecule has 2 rings (SSSR count). The van der Waals surface area contributed by atoms with E-state index in [1.165, 1.54) is 25.3 Å². The second-order valence-corrected chi connectivity index (χ2v) is 5.03. The molecular formula is C19H19NO5. The summed E-state index contributed by atoms with van der Waals surface area (Å²) >= 11 is 0. The smallest absolute Gasteiger partial charge is 0.338 e. The number of primary amides is 1. The number of esters is 1. The molecule has 2 N–H and O–H groups in total. The molecule has 0 spiro atoms.